The number of anilines is 1. The van der Waals surface area contributed by atoms with Crippen LogP contribution < -0.4 is 19.8 Å². The largest absolute Gasteiger partial charge is 0.484 e. The highest BCUT2D eigenvalue weighted by Gasteiger charge is 2.20. The predicted molar refractivity (Wildman–Crippen MR) is 144 cm³/mol. The number of ether oxygens (including phenoxy) is 1. The zero-order valence-electron chi connectivity index (χ0n) is 20.8. The Labute approximate surface area is 217 Å². The van der Waals surface area contributed by atoms with Gasteiger partial charge in [0.15, 0.2) is 6.61 Å². The minimum Gasteiger partial charge on any atom is -0.484 e. The van der Waals surface area contributed by atoms with Gasteiger partial charge in [0, 0.05) is 6.54 Å². The maximum Gasteiger partial charge on any atom is 0.260 e. The third kappa shape index (κ3) is 9.42. The van der Waals surface area contributed by atoms with Crippen LogP contribution in [-0.4, -0.2) is 52.4 Å². The molecule has 3 rings (SSSR count). The molecule has 0 unspecified atom stereocenters. The zero-order valence-corrected chi connectivity index (χ0v) is 21.6. The fraction of sp³-hybridized carbons (Fsp3) is 0.222. The number of hydrogen-bond donors (Lipinski definition) is 2. The van der Waals surface area contributed by atoms with Crippen molar-refractivity contribution in [1.82, 2.24) is 10.7 Å². The van der Waals surface area contributed by atoms with Gasteiger partial charge in [0.25, 0.3) is 11.8 Å². The van der Waals surface area contributed by atoms with Gasteiger partial charge in [-0.25, -0.2) is 13.8 Å². The van der Waals surface area contributed by atoms with Crippen LogP contribution in [0.2, 0.25) is 0 Å². The molecule has 2 N–H and O–H groups in total. The van der Waals surface area contributed by atoms with E-state index in [0.717, 1.165) is 28.1 Å². The molecule has 0 saturated heterocycles. The van der Waals surface area contributed by atoms with Crippen molar-refractivity contribution in [1.29, 1.82) is 0 Å². The summed E-state index contributed by atoms with van der Waals surface area (Å²) in [5, 5.41) is 6.72. The Bertz CT molecular complexity index is 1310. The molecule has 0 fully saturated rings. The summed E-state index contributed by atoms with van der Waals surface area (Å²) in [7, 11) is -3.66. The van der Waals surface area contributed by atoms with Gasteiger partial charge in [0.05, 0.1) is 18.2 Å². The van der Waals surface area contributed by atoms with Crippen LogP contribution in [0.5, 0.6) is 5.75 Å². The van der Waals surface area contributed by atoms with Crippen molar-refractivity contribution in [2.75, 3.05) is 30.3 Å². The van der Waals surface area contributed by atoms with Crippen LogP contribution in [0, 0.1) is 6.92 Å². The number of carbonyl (C=O) groups excluding carboxylic acids is 2. The first kappa shape index (κ1) is 27.4. The van der Waals surface area contributed by atoms with Crippen molar-refractivity contribution in [2.24, 2.45) is 5.10 Å². The summed E-state index contributed by atoms with van der Waals surface area (Å²) in [5.74, 6) is -0.278. The summed E-state index contributed by atoms with van der Waals surface area (Å²) in [4.78, 5) is 24.3. The maximum atomic E-state index is 12.3. The van der Waals surface area contributed by atoms with Gasteiger partial charge < -0.3 is 10.1 Å². The van der Waals surface area contributed by atoms with E-state index in [0.29, 0.717) is 23.5 Å². The molecule has 3 aromatic carbocycles. The average molecular weight is 523 g/mol. The number of nitrogens with zero attached hydrogens (tertiary/aromatic N) is 2. The Morgan fingerprint density at radius 2 is 1.62 bits per heavy atom. The second-order valence-corrected chi connectivity index (χ2v) is 10.2. The Morgan fingerprint density at radius 3 is 2.27 bits per heavy atom. The summed E-state index contributed by atoms with van der Waals surface area (Å²) in [6.07, 6.45) is 3.21. The Kier molecular flexibility index (Phi) is 9.79. The van der Waals surface area contributed by atoms with Crippen LogP contribution >= 0.6 is 0 Å². The lowest BCUT2D eigenvalue weighted by Gasteiger charge is -2.21. The maximum absolute atomic E-state index is 12.3. The van der Waals surface area contributed by atoms with Crippen molar-refractivity contribution in [3.8, 4) is 5.75 Å². The summed E-state index contributed by atoms with van der Waals surface area (Å²) < 4.78 is 30.8. The van der Waals surface area contributed by atoms with Gasteiger partial charge in [-0.1, -0.05) is 48.0 Å². The minimum atomic E-state index is -3.66. The third-order valence-electron chi connectivity index (χ3n) is 5.24. The van der Waals surface area contributed by atoms with E-state index in [1.807, 2.05) is 37.3 Å². The highest BCUT2D eigenvalue weighted by molar-refractivity contribution is 7.92. The minimum absolute atomic E-state index is 0.101. The number of rotatable bonds is 12. The Balaban J connectivity index is 1.43. The van der Waals surface area contributed by atoms with E-state index in [4.69, 9.17) is 4.74 Å². The fourth-order valence-electron chi connectivity index (χ4n) is 3.30. The van der Waals surface area contributed by atoms with Gasteiger partial charge in [-0.05, 0) is 60.9 Å². The van der Waals surface area contributed by atoms with Gasteiger partial charge in [-0.2, -0.15) is 5.10 Å². The topological polar surface area (TPSA) is 117 Å². The first-order valence-corrected chi connectivity index (χ1v) is 13.5. The number of aryl methyl sites for hydroxylation is 1. The van der Waals surface area contributed by atoms with E-state index >= 15 is 0 Å². The molecule has 0 heterocycles. The summed E-state index contributed by atoms with van der Waals surface area (Å²) >= 11 is 0. The number of hydrogen-bond acceptors (Lipinski definition) is 6. The third-order valence-corrected chi connectivity index (χ3v) is 6.38. The molecule has 0 saturated carbocycles. The van der Waals surface area contributed by atoms with Crippen LogP contribution in [0.3, 0.4) is 0 Å². The Hall–Kier alpha value is -4.18. The van der Waals surface area contributed by atoms with Crippen LogP contribution in [0.25, 0.3) is 0 Å². The second-order valence-electron chi connectivity index (χ2n) is 8.34. The smallest absolute Gasteiger partial charge is 0.260 e. The number of benzene rings is 3. The van der Waals surface area contributed by atoms with Gasteiger partial charge in [-0.15, -0.1) is 0 Å². The SMILES string of the molecule is Cc1ccc(N(CC(=O)N/N=C\c2ccc(OCC(=O)NCCc3ccccc3)cc2)S(C)(=O)=O)cc1. The van der Waals surface area contributed by atoms with E-state index in [2.05, 4.69) is 15.8 Å². The molecule has 194 valence electrons. The molecule has 3 aromatic rings. The first-order valence-electron chi connectivity index (χ1n) is 11.6. The molecule has 0 aromatic heterocycles. The molecule has 0 spiro atoms. The van der Waals surface area contributed by atoms with Gasteiger partial charge in [-0.3, -0.25) is 13.9 Å². The molecule has 37 heavy (non-hydrogen) atoms. The molecule has 0 bridgehead atoms. The monoisotopic (exact) mass is 522 g/mol. The van der Waals surface area contributed by atoms with Gasteiger partial charge in [0.1, 0.15) is 12.3 Å². The quantitative estimate of drug-likeness (QED) is 0.280. The van der Waals surface area contributed by atoms with Gasteiger partial charge in [0.2, 0.25) is 10.0 Å². The lowest BCUT2D eigenvalue weighted by molar-refractivity contribution is -0.123. The number of nitrogens with one attached hydrogen (secondary N) is 2. The van der Waals surface area contributed by atoms with E-state index in [1.165, 1.54) is 6.21 Å². The standard InChI is InChI=1S/C27H30N4O5S/c1-21-8-12-24(13-9-21)31(37(2,34)35)19-26(32)30-29-18-23-10-14-25(15-11-23)36-20-27(33)28-17-16-22-6-4-3-5-7-22/h3-15,18H,16-17,19-20H2,1-2H3,(H,28,33)(H,30,32)/b29-18-. The van der Waals surface area contributed by atoms with Gasteiger partial charge >= 0.3 is 0 Å². The van der Waals surface area contributed by atoms with Crippen molar-refractivity contribution >= 4 is 33.7 Å². The van der Waals surface area contributed by atoms with Crippen LogP contribution in [0.15, 0.2) is 84.0 Å². The van der Waals surface area contributed by atoms with Crippen LogP contribution in [-0.2, 0) is 26.0 Å². The first-order chi connectivity index (χ1) is 17.7. The summed E-state index contributed by atoms with van der Waals surface area (Å²) in [6, 6.07) is 23.5. The number of carbonyl (C=O) groups is 2. The lowest BCUT2D eigenvalue weighted by Crippen LogP contribution is -2.39. The Morgan fingerprint density at radius 1 is 0.946 bits per heavy atom. The fourth-order valence-corrected chi connectivity index (χ4v) is 4.15. The number of amides is 2. The summed E-state index contributed by atoms with van der Waals surface area (Å²) in [5.41, 5.74) is 5.54. The highest BCUT2D eigenvalue weighted by Crippen LogP contribution is 2.17. The zero-order chi connectivity index (χ0) is 26.7. The molecule has 0 aliphatic heterocycles. The van der Waals surface area contributed by atoms with Crippen molar-refractivity contribution in [3.63, 3.8) is 0 Å². The van der Waals surface area contributed by atoms with Crippen molar-refractivity contribution in [3.05, 3.63) is 95.6 Å². The molecule has 2 amide bonds. The van der Waals surface area contributed by atoms with E-state index in [9.17, 15) is 18.0 Å². The van der Waals surface area contributed by atoms with E-state index in [-0.39, 0.29) is 12.5 Å². The lowest BCUT2D eigenvalue weighted by atomic mass is 10.1. The average Bonchev–Trinajstić information content (AvgIpc) is 2.87. The van der Waals surface area contributed by atoms with Crippen LogP contribution in [0.4, 0.5) is 5.69 Å². The predicted octanol–water partition coefficient (Wildman–Crippen LogP) is 2.65. The highest BCUT2D eigenvalue weighted by atomic mass is 32.2. The number of sulfonamides is 1. The molecule has 10 heteroatoms. The molecule has 0 aliphatic carbocycles. The van der Waals surface area contributed by atoms with Crippen molar-refractivity contribution in [2.45, 2.75) is 13.3 Å². The van der Waals surface area contributed by atoms with Crippen LogP contribution in [0.1, 0.15) is 16.7 Å². The van der Waals surface area contributed by atoms with E-state index in [1.54, 1.807) is 48.5 Å². The molecular weight excluding hydrogens is 492 g/mol. The summed E-state index contributed by atoms with van der Waals surface area (Å²) in [6.45, 7) is 1.91. The molecule has 0 aliphatic rings. The second kappa shape index (κ2) is 13.2. The molecule has 9 nitrogen and oxygen atoms in total. The molecule has 0 radical (unpaired) electrons. The van der Waals surface area contributed by atoms with Crippen molar-refractivity contribution < 1.29 is 22.7 Å². The van der Waals surface area contributed by atoms with E-state index < -0.39 is 22.5 Å². The molecular formula is C27H30N4O5S. The normalized spacial score (nSPS) is 11.2. The molecule has 0 atom stereocenters. The number of hydrazone groups is 1.